The minimum atomic E-state index is -3.68. The zero-order chi connectivity index (χ0) is 19.6. The van der Waals surface area contributed by atoms with Gasteiger partial charge in [-0.05, 0) is 62.7 Å². The normalized spacial score (nSPS) is 11.3. The van der Waals surface area contributed by atoms with Crippen LogP contribution in [0.25, 0.3) is 0 Å². The van der Waals surface area contributed by atoms with Gasteiger partial charge < -0.3 is 4.74 Å². The van der Waals surface area contributed by atoms with Crippen molar-refractivity contribution in [3.8, 4) is 11.5 Å². The number of aryl methyl sites for hydroxylation is 3. The first-order valence-corrected chi connectivity index (χ1v) is 10.2. The molecule has 0 saturated carbocycles. The van der Waals surface area contributed by atoms with E-state index >= 15 is 0 Å². The predicted molar refractivity (Wildman–Crippen MR) is 109 cm³/mol. The average Bonchev–Trinajstić information content (AvgIpc) is 2.59. The summed E-state index contributed by atoms with van der Waals surface area (Å²) in [5.74, 6) is 1.16. The third-order valence-electron chi connectivity index (χ3n) is 4.07. The smallest absolute Gasteiger partial charge is 0.261 e. The maximum Gasteiger partial charge on any atom is 0.261 e. The quantitative estimate of drug-likeness (QED) is 0.582. The highest BCUT2D eigenvalue weighted by Gasteiger charge is 2.15. The fourth-order valence-electron chi connectivity index (χ4n) is 2.61. The highest BCUT2D eigenvalue weighted by atomic mass is 35.5. The van der Waals surface area contributed by atoms with Crippen LogP contribution in [0.15, 0.2) is 65.6 Å². The summed E-state index contributed by atoms with van der Waals surface area (Å²) in [5, 5.41) is 0.319. The number of anilines is 1. The molecular weight excluding hydrogens is 382 g/mol. The van der Waals surface area contributed by atoms with Gasteiger partial charge in [0.25, 0.3) is 10.0 Å². The lowest BCUT2D eigenvalue weighted by molar-refractivity contribution is 0.479. The van der Waals surface area contributed by atoms with E-state index in [1.807, 2.05) is 39.0 Å². The molecule has 0 bridgehead atoms. The molecule has 0 radical (unpaired) electrons. The van der Waals surface area contributed by atoms with Crippen molar-refractivity contribution < 1.29 is 13.2 Å². The monoisotopic (exact) mass is 401 g/mol. The van der Waals surface area contributed by atoms with Gasteiger partial charge in [-0.3, -0.25) is 4.72 Å². The molecule has 0 atom stereocenters. The molecule has 0 aromatic heterocycles. The number of nitrogens with one attached hydrogen (secondary N) is 1. The molecule has 0 unspecified atom stereocenters. The fraction of sp³-hybridized carbons (Fsp3) is 0.143. The van der Waals surface area contributed by atoms with Gasteiger partial charge in [0.15, 0.2) is 0 Å². The van der Waals surface area contributed by atoms with Gasteiger partial charge in [0.2, 0.25) is 0 Å². The molecule has 3 aromatic rings. The first-order chi connectivity index (χ1) is 12.7. The zero-order valence-electron chi connectivity index (χ0n) is 15.3. The molecule has 4 nitrogen and oxygen atoms in total. The topological polar surface area (TPSA) is 55.4 Å². The second-order valence-corrected chi connectivity index (χ2v) is 8.52. The molecule has 1 N–H and O–H groups in total. The number of rotatable bonds is 5. The maximum atomic E-state index is 12.5. The Morgan fingerprint density at radius 2 is 1.44 bits per heavy atom. The number of ether oxygens (including phenoxy) is 1. The van der Waals surface area contributed by atoms with Crippen LogP contribution in [0.3, 0.4) is 0 Å². The lowest BCUT2D eigenvalue weighted by Gasteiger charge is -2.13. The van der Waals surface area contributed by atoms with E-state index in [1.54, 1.807) is 36.4 Å². The van der Waals surface area contributed by atoms with E-state index in [0.29, 0.717) is 22.2 Å². The van der Waals surface area contributed by atoms with Crippen molar-refractivity contribution in [3.05, 3.63) is 82.4 Å². The van der Waals surface area contributed by atoms with Crippen LogP contribution in [0.5, 0.6) is 11.5 Å². The van der Waals surface area contributed by atoms with Crippen LogP contribution in [0.4, 0.5) is 5.69 Å². The van der Waals surface area contributed by atoms with Gasteiger partial charge in [0.05, 0.1) is 15.6 Å². The van der Waals surface area contributed by atoms with Crippen molar-refractivity contribution in [3.63, 3.8) is 0 Å². The van der Waals surface area contributed by atoms with Crippen molar-refractivity contribution >= 4 is 27.3 Å². The molecule has 140 valence electrons. The summed E-state index contributed by atoms with van der Waals surface area (Å²) in [5.41, 5.74) is 3.50. The molecule has 0 aliphatic heterocycles. The Morgan fingerprint density at radius 3 is 2.07 bits per heavy atom. The van der Waals surface area contributed by atoms with Crippen molar-refractivity contribution in [2.45, 2.75) is 25.7 Å². The number of halogens is 1. The highest BCUT2D eigenvalue weighted by molar-refractivity contribution is 7.92. The molecule has 0 saturated heterocycles. The Labute approximate surface area is 164 Å². The van der Waals surface area contributed by atoms with Gasteiger partial charge in [-0.1, -0.05) is 47.0 Å². The van der Waals surface area contributed by atoms with Gasteiger partial charge in [0.1, 0.15) is 11.5 Å². The molecule has 3 rings (SSSR count). The van der Waals surface area contributed by atoms with Gasteiger partial charge in [-0.2, -0.15) is 0 Å². The Bertz CT molecular complexity index is 1080. The number of hydrogen-bond acceptors (Lipinski definition) is 3. The van der Waals surface area contributed by atoms with Gasteiger partial charge >= 0.3 is 0 Å². The van der Waals surface area contributed by atoms with E-state index in [1.165, 1.54) is 6.07 Å². The minimum Gasteiger partial charge on any atom is -0.456 e. The summed E-state index contributed by atoms with van der Waals surface area (Å²) in [6.45, 7) is 5.87. The summed E-state index contributed by atoms with van der Waals surface area (Å²) in [6, 6.07) is 17.3. The Balaban J connectivity index is 1.81. The number of benzene rings is 3. The Morgan fingerprint density at radius 1 is 0.815 bits per heavy atom. The van der Waals surface area contributed by atoms with E-state index in [4.69, 9.17) is 16.3 Å². The number of hydrogen-bond donors (Lipinski definition) is 1. The van der Waals surface area contributed by atoms with Crippen LogP contribution >= 0.6 is 11.6 Å². The maximum absolute atomic E-state index is 12.5. The average molecular weight is 402 g/mol. The van der Waals surface area contributed by atoms with Crippen LogP contribution in [-0.4, -0.2) is 8.42 Å². The van der Waals surface area contributed by atoms with Crippen molar-refractivity contribution in [1.29, 1.82) is 0 Å². The van der Waals surface area contributed by atoms with Crippen LogP contribution < -0.4 is 9.46 Å². The summed E-state index contributed by atoms with van der Waals surface area (Å²) >= 11 is 6.30. The number of sulfonamides is 1. The minimum absolute atomic E-state index is 0.194. The molecule has 0 heterocycles. The van der Waals surface area contributed by atoms with E-state index in [2.05, 4.69) is 4.72 Å². The summed E-state index contributed by atoms with van der Waals surface area (Å²) in [4.78, 5) is 0.194. The van der Waals surface area contributed by atoms with E-state index in [9.17, 15) is 8.42 Å². The molecule has 0 spiro atoms. The molecule has 27 heavy (non-hydrogen) atoms. The third-order valence-corrected chi connectivity index (χ3v) is 5.76. The van der Waals surface area contributed by atoms with E-state index in [0.717, 1.165) is 16.7 Å². The molecule has 0 amide bonds. The third kappa shape index (κ3) is 4.62. The predicted octanol–water partition coefficient (Wildman–Crippen LogP) is 5.86. The highest BCUT2D eigenvalue weighted by Crippen LogP contribution is 2.33. The van der Waals surface area contributed by atoms with E-state index in [-0.39, 0.29) is 4.90 Å². The van der Waals surface area contributed by atoms with Crippen LogP contribution in [0.1, 0.15) is 16.7 Å². The molecule has 0 fully saturated rings. The van der Waals surface area contributed by atoms with Crippen molar-refractivity contribution in [1.82, 2.24) is 0 Å². The van der Waals surface area contributed by atoms with Crippen LogP contribution in [-0.2, 0) is 10.0 Å². The first kappa shape index (κ1) is 19.3. The summed E-state index contributed by atoms with van der Waals surface area (Å²) in [6.07, 6.45) is 0. The van der Waals surface area contributed by atoms with Gasteiger partial charge in [0, 0.05) is 0 Å². The molecule has 0 aliphatic rings. The standard InChI is InChI=1S/C21H20ClNO3S/c1-14-4-8-18(9-5-14)27(24,25)23-17-7-11-21(19(22)13-17)26-20-10-6-15(2)12-16(20)3/h4-13,23H,1-3H3. The van der Waals surface area contributed by atoms with Crippen LogP contribution in [0, 0.1) is 20.8 Å². The summed E-state index contributed by atoms with van der Waals surface area (Å²) in [7, 11) is -3.68. The Hall–Kier alpha value is -2.50. The second-order valence-electron chi connectivity index (χ2n) is 6.43. The van der Waals surface area contributed by atoms with E-state index < -0.39 is 10.0 Å². The molecule has 3 aromatic carbocycles. The first-order valence-electron chi connectivity index (χ1n) is 8.39. The lowest BCUT2D eigenvalue weighted by atomic mass is 10.1. The zero-order valence-corrected chi connectivity index (χ0v) is 16.9. The largest absolute Gasteiger partial charge is 0.456 e. The van der Waals surface area contributed by atoms with Gasteiger partial charge in [-0.15, -0.1) is 0 Å². The van der Waals surface area contributed by atoms with Crippen molar-refractivity contribution in [2.24, 2.45) is 0 Å². The van der Waals surface area contributed by atoms with Crippen LogP contribution in [0.2, 0.25) is 5.02 Å². The Kier molecular flexibility index (Phi) is 5.44. The molecular formula is C21H20ClNO3S. The SMILES string of the molecule is Cc1ccc(S(=O)(=O)Nc2ccc(Oc3ccc(C)cc3C)c(Cl)c2)cc1. The second kappa shape index (κ2) is 7.62. The van der Waals surface area contributed by atoms with Crippen molar-refractivity contribution in [2.75, 3.05) is 4.72 Å². The molecule has 0 aliphatic carbocycles. The van der Waals surface area contributed by atoms with Gasteiger partial charge in [-0.25, -0.2) is 8.42 Å². The fourth-order valence-corrected chi connectivity index (χ4v) is 3.88. The summed E-state index contributed by atoms with van der Waals surface area (Å²) < 4.78 is 33.4. The lowest BCUT2D eigenvalue weighted by Crippen LogP contribution is -2.12. The molecule has 6 heteroatoms.